The van der Waals surface area contributed by atoms with E-state index in [1.807, 2.05) is 0 Å². The van der Waals surface area contributed by atoms with Gasteiger partial charge in [0.15, 0.2) is 0 Å². The van der Waals surface area contributed by atoms with Gasteiger partial charge in [0.1, 0.15) is 0 Å². The minimum atomic E-state index is 0. The summed E-state index contributed by atoms with van der Waals surface area (Å²) in [5, 5.41) is 0. The standard InChI is InChI=1S/C2H5.CO.H4P2.Rh/c3*1-2;/h1H2,2H3;;1-2H2;/q-1;;;. The molecule has 0 heterocycles. The molecule has 0 saturated carbocycles. The molecule has 0 amide bonds. The van der Waals surface area contributed by atoms with Gasteiger partial charge < -0.3 is 6.92 Å². The number of hydrogen-bond acceptors (Lipinski definition) is 0. The zero-order chi connectivity index (χ0) is 6.00. The Morgan fingerprint density at radius 3 is 1.29 bits per heavy atom. The molecule has 0 rings (SSSR count). The van der Waals surface area contributed by atoms with Gasteiger partial charge in [0, 0.05) is 19.5 Å². The van der Waals surface area contributed by atoms with Crippen LogP contribution in [0.5, 0.6) is 0 Å². The van der Waals surface area contributed by atoms with E-state index in [0.717, 1.165) is 0 Å². The molecule has 0 aromatic rings. The van der Waals surface area contributed by atoms with E-state index in [0.29, 0.717) is 0 Å². The van der Waals surface area contributed by atoms with Gasteiger partial charge >= 0.3 is 11.3 Å². The fourth-order valence-corrected chi connectivity index (χ4v) is 0. The van der Waals surface area contributed by atoms with Gasteiger partial charge in [-0.2, -0.15) is 6.92 Å². The molecular weight excluding hydrogens is 217 g/mol. The third-order valence-corrected chi connectivity index (χ3v) is 0. The molecule has 7 heavy (non-hydrogen) atoms. The van der Waals surface area contributed by atoms with Crippen molar-refractivity contribution < 1.29 is 24.1 Å². The van der Waals surface area contributed by atoms with Gasteiger partial charge in [-0.15, -0.1) is 17.9 Å². The van der Waals surface area contributed by atoms with Gasteiger partial charge in [-0.3, -0.25) is 0 Å². The molecule has 2 unspecified atom stereocenters. The van der Waals surface area contributed by atoms with E-state index < -0.39 is 0 Å². The Labute approximate surface area is 62.8 Å². The third kappa shape index (κ3) is 132. The maximum absolute atomic E-state index is 7.50. The summed E-state index contributed by atoms with van der Waals surface area (Å²) in [5.74, 6) is 0. The molecule has 0 aromatic heterocycles. The summed E-state index contributed by atoms with van der Waals surface area (Å²) in [7, 11) is 4.67. The first-order valence-corrected chi connectivity index (χ1v) is 3.91. The van der Waals surface area contributed by atoms with E-state index in [1.54, 1.807) is 6.92 Å². The van der Waals surface area contributed by atoms with Crippen LogP contribution in [-0.2, 0) is 24.1 Å². The Bertz CT molecular complexity index is 17.7. The molecule has 0 aliphatic rings. The van der Waals surface area contributed by atoms with Crippen LogP contribution in [0, 0.1) is 13.6 Å². The van der Waals surface area contributed by atoms with Crippen molar-refractivity contribution in [3.8, 4) is 0 Å². The molecule has 1 nitrogen and oxygen atoms in total. The van der Waals surface area contributed by atoms with Gasteiger partial charge in [0.25, 0.3) is 0 Å². The predicted molar refractivity (Wildman–Crippen MR) is 34.4 cm³/mol. The topological polar surface area (TPSA) is 19.9 Å². The zero-order valence-electron chi connectivity index (χ0n) is 4.10. The predicted octanol–water partition coefficient (Wildman–Crippen LogP) is 1.45. The van der Waals surface area contributed by atoms with Crippen molar-refractivity contribution in [3.63, 3.8) is 0 Å². The molecule has 0 fully saturated rings. The summed E-state index contributed by atoms with van der Waals surface area (Å²) >= 11 is 0. The maximum atomic E-state index is 7.50. The van der Waals surface area contributed by atoms with Crippen LogP contribution in [0.2, 0.25) is 0 Å². The van der Waals surface area contributed by atoms with E-state index in [1.165, 1.54) is 0 Å². The van der Waals surface area contributed by atoms with Crippen LogP contribution in [0.4, 0.5) is 0 Å². The van der Waals surface area contributed by atoms with Crippen molar-refractivity contribution in [2.75, 3.05) is 0 Å². The molecule has 47 valence electrons. The summed E-state index contributed by atoms with van der Waals surface area (Å²) in [6.45, 7) is 9.50. The summed E-state index contributed by atoms with van der Waals surface area (Å²) in [6.07, 6.45) is 0. The SMILES string of the molecule is PP.[C-]#[O+].[CH2-]C.[Rh]. The molecule has 4 heteroatoms. The second kappa shape index (κ2) is 187. The Kier molecular flexibility index (Phi) is 642. The first-order chi connectivity index (χ1) is 3.00. The molecule has 0 spiro atoms. The smallest absolute Gasteiger partial charge is 0 e. The van der Waals surface area contributed by atoms with Crippen LogP contribution in [-0.4, -0.2) is 0 Å². The molecular formula is C3H9OP2Rh-. The monoisotopic (exact) mass is 226 g/mol. The van der Waals surface area contributed by atoms with E-state index in [9.17, 15) is 0 Å². The van der Waals surface area contributed by atoms with Crippen LogP contribution in [0.25, 0.3) is 0 Å². The van der Waals surface area contributed by atoms with Crippen molar-refractivity contribution in [1.29, 1.82) is 0 Å². The van der Waals surface area contributed by atoms with Crippen LogP contribution in [0.1, 0.15) is 6.92 Å². The summed E-state index contributed by atoms with van der Waals surface area (Å²) in [4.78, 5) is 0. The van der Waals surface area contributed by atoms with Crippen LogP contribution in [0.3, 0.4) is 0 Å². The number of rotatable bonds is 0. The van der Waals surface area contributed by atoms with Gasteiger partial charge in [0.2, 0.25) is 0 Å². The minimum Gasteiger partial charge on any atom is -0.346 e. The fraction of sp³-hybridized carbons (Fsp3) is 0.333. The Morgan fingerprint density at radius 1 is 1.29 bits per heavy atom. The molecule has 0 aromatic carbocycles. The van der Waals surface area contributed by atoms with Crippen molar-refractivity contribution >= 4 is 17.9 Å². The first-order valence-electron chi connectivity index (χ1n) is 1.24. The maximum Gasteiger partial charge on any atom is 0 e. The Morgan fingerprint density at radius 2 is 1.29 bits per heavy atom. The molecule has 0 aliphatic heterocycles. The summed E-state index contributed by atoms with van der Waals surface area (Å²) in [5.41, 5.74) is 0. The van der Waals surface area contributed by atoms with Crippen LogP contribution in [0.15, 0.2) is 0 Å². The molecule has 0 N–H and O–H groups in total. The third-order valence-electron chi connectivity index (χ3n) is 0. The van der Waals surface area contributed by atoms with E-state index >= 15 is 0 Å². The summed E-state index contributed by atoms with van der Waals surface area (Å²) in [6, 6.07) is 0. The molecule has 2 atom stereocenters. The second-order valence-electron chi connectivity index (χ2n) is 0. The van der Waals surface area contributed by atoms with Gasteiger partial charge in [0.05, 0.1) is 0 Å². The van der Waals surface area contributed by atoms with E-state index in [-0.39, 0.29) is 19.5 Å². The number of hydrogen-bond donors (Lipinski definition) is 0. The second-order valence-corrected chi connectivity index (χ2v) is 0. The Hall–Kier alpha value is 1.22. The Balaban J connectivity index is -0.00000000900. The zero-order valence-corrected chi connectivity index (χ0v) is 8.05. The minimum absolute atomic E-state index is 0. The first kappa shape index (κ1) is 24.1. The van der Waals surface area contributed by atoms with Crippen molar-refractivity contribution in [1.82, 2.24) is 0 Å². The average molecular weight is 226 g/mol. The molecule has 0 bridgehead atoms. The van der Waals surface area contributed by atoms with E-state index in [4.69, 9.17) is 4.65 Å². The quantitative estimate of drug-likeness (QED) is 0.258. The van der Waals surface area contributed by atoms with Crippen molar-refractivity contribution in [3.05, 3.63) is 13.6 Å². The van der Waals surface area contributed by atoms with Crippen molar-refractivity contribution in [2.24, 2.45) is 0 Å². The van der Waals surface area contributed by atoms with Gasteiger partial charge in [-0.1, -0.05) is 0 Å². The van der Waals surface area contributed by atoms with Gasteiger partial charge in [-0.05, 0) is 0 Å². The van der Waals surface area contributed by atoms with Crippen LogP contribution >= 0.6 is 17.9 Å². The van der Waals surface area contributed by atoms with Crippen molar-refractivity contribution in [2.45, 2.75) is 6.92 Å². The molecule has 0 aliphatic carbocycles. The molecule has 0 saturated heterocycles. The normalized spacial score (nSPS) is 2.00. The largest absolute Gasteiger partial charge is 0.346 e. The molecule has 1 radical (unpaired) electrons. The fourth-order valence-electron chi connectivity index (χ4n) is 0. The average Bonchev–Trinajstić information content (AvgIpc) is 1.81. The summed E-state index contributed by atoms with van der Waals surface area (Å²) < 4.78 is 7.50. The van der Waals surface area contributed by atoms with Crippen LogP contribution < -0.4 is 0 Å². The van der Waals surface area contributed by atoms with E-state index in [2.05, 4.69) is 31.4 Å². The van der Waals surface area contributed by atoms with Gasteiger partial charge in [-0.25, -0.2) is 0 Å².